The second-order valence-corrected chi connectivity index (χ2v) is 10.1. The number of halogens is 1. The molecule has 33 heavy (non-hydrogen) atoms. The minimum Gasteiger partial charge on any atom is -0.492 e. The minimum absolute atomic E-state index is 0.208. The largest absolute Gasteiger partial charge is 0.492 e. The van der Waals surface area contributed by atoms with Crippen LogP contribution in [0.2, 0.25) is 0 Å². The molecular weight excluding hydrogens is 460 g/mol. The molecule has 0 spiro atoms. The lowest BCUT2D eigenvalue weighted by atomic mass is 10.1. The Morgan fingerprint density at radius 2 is 1.70 bits per heavy atom. The van der Waals surface area contributed by atoms with Gasteiger partial charge in [0.15, 0.2) is 0 Å². The van der Waals surface area contributed by atoms with Crippen LogP contribution < -0.4 is 4.74 Å². The van der Waals surface area contributed by atoms with E-state index in [0.717, 1.165) is 17.7 Å². The van der Waals surface area contributed by atoms with Crippen LogP contribution in [-0.2, 0) is 14.8 Å². The molecule has 0 atom stereocenters. The van der Waals surface area contributed by atoms with Crippen molar-refractivity contribution < 1.29 is 17.9 Å². The fourth-order valence-electron chi connectivity index (χ4n) is 3.83. The average Bonchev–Trinajstić information content (AvgIpc) is 2.83. The van der Waals surface area contributed by atoms with Gasteiger partial charge in [0, 0.05) is 32.7 Å². The first-order valence-corrected chi connectivity index (χ1v) is 12.6. The number of fused-ring (bicyclic) bond motifs is 1. The van der Waals surface area contributed by atoms with Gasteiger partial charge >= 0.3 is 0 Å². The van der Waals surface area contributed by atoms with Gasteiger partial charge in [0.1, 0.15) is 12.4 Å². The fourth-order valence-corrected chi connectivity index (χ4v) is 5.37. The molecule has 0 amide bonds. The van der Waals surface area contributed by atoms with E-state index in [-0.39, 0.29) is 4.90 Å². The van der Waals surface area contributed by atoms with Gasteiger partial charge in [0.25, 0.3) is 0 Å². The lowest BCUT2D eigenvalue weighted by Crippen LogP contribution is -2.49. The number of sulfonamides is 1. The van der Waals surface area contributed by atoms with Crippen molar-refractivity contribution in [1.29, 1.82) is 0 Å². The highest BCUT2D eigenvalue weighted by Gasteiger charge is 2.28. The normalized spacial score (nSPS) is 15.8. The van der Waals surface area contributed by atoms with Crippen molar-refractivity contribution in [2.75, 3.05) is 39.3 Å². The molecule has 1 aliphatic rings. The number of allylic oxidation sites excluding steroid dienone is 1. The summed E-state index contributed by atoms with van der Waals surface area (Å²) in [6.45, 7) is 3.38. The van der Waals surface area contributed by atoms with Crippen LogP contribution in [0.5, 0.6) is 5.75 Å². The predicted octanol–water partition coefficient (Wildman–Crippen LogP) is 4.00. The Hall–Kier alpha value is -2.71. The molecule has 8 heteroatoms. The lowest BCUT2D eigenvalue weighted by Gasteiger charge is -2.33. The summed E-state index contributed by atoms with van der Waals surface area (Å²) < 4.78 is 33.5. The van der Waals surface area contributed by atoms with E-state index >= 15 is 0 Å². The molecule has 1 fully saturated rings. The van der Waals surface area contributed by atoms with Crippen LogP contribution in [0.25, 0.3) is 16.8 Å². The first kappa shape index (κ1) is 23.4. The van der Waals surface area contributed by atoms with Crippen molar-refractivity contribution in [2.24, 2.45) is 0 Å². The summed E-state index contributed by atoms with van der Waals surface area (Å²) in [6.07, 6.45) is 2.70. The molecule has 0 aliphatic carbocycles. The summed E-state index contributed by atoms with van der Waals surface area (Å²) in [5, 5.41) is 1.71. The summed E-state index contributed by atoms with van der Waals surface area (Å²) in [4.78, 5) is 13.3. The van der Waals surface area contributed by atoms with E-state index in [2.05, 4.69) is 17.0 Å². The molecular formula is C25H25ClN2O4S. The van der Waals surface area contributed by atoms with E-state index < -0.39 is 15.3 Å². The maximum absolute atomic E-state index is 13.1. The molecule has 0 aromatic heterocycles. The highest BCUT2D eigenvalue weighted by atomic mass is 35.5. The molecule has 0 N–H and O–H groups in total. The molecule has 1 aliphatic heterocycles. The number of rotatable bonds is 8. The molecule has 172 valence electrons. The van der Waals surface area contributed by atoms with E-state index in [0.29, 0.717) is 38.3 Å². The van der Waals surface area contributed by atoms with Crippen LogP contribution in [-0.4, -0.2) is 62.2 Å². The third-order valence-corrected chi connectivity index (χ3v) is 7.65. The maximum Gasteiger partial charge on any atom is 0.245 e. The molecule has 4 rings (SSSR count). The van der Waals surface area contributed by atoms with Crippen molar-refractivity contribution in [3.63, 3.8) is 0 Å². The van der Waals surface area contributed by atoms with Crippen molar-refractivity contribution in [3.8, 4) is 5.75 Å². The number of piperazine rings is 1. The Morgan fingerprint density at radius 1 is 0.939 bits per heavy atom. The zero-order valence-electron chi connectivity index (χ0n) is 18.1. The van der Waals surface area contributed by atoms with E-state index in [9.17, 15) is 13.2 Å². The summed E-state index contributed by atoms with van der Waals surface area (Å²) in [5.41, 5.74) is 0.606. The number of benzene rings is 3. The van der Waals surface area contributed by atoms with Gasteiger partial charge < -0.3 is 4.74 Å². The zero-order valence-corrected chi connectivity index (χ0v) is 19.6. The van der Waals surface area contributed by atoms with Gasteiger partial charge in [0.2, 0.25) is 15.3 Å². The summed E-state index contributed by atoms with van der Waals surface area (Å²) in [5.74, 6) is 0.833. The Labute approximate surface area is 199 Å². The van der Waals surface area contributed by atoms with Crippen LogP contribution >= 0.6 is 11.6 Å². The van der Waals surface area contributed by atoms with Crippen molar-refractivity contribution >= 4 is 43.7 Å². The van der Waals surface area contributed by atoms with E-state index in [1.807, 2.05) is 30.3 Å². The maximum atomic E-state index is 13.1. The van der Waals surface area contributed by atoms with Gasteiger partial charge in [-0.1, -0.05) is 48.5 Å². The molecule has 0 radical (unpaired) electrons. The first-order valence-electron chi connectivity index (χ1n) is 10.7. The van der Waals surface area contributed by atoms with Crippen LogP contribution in [0.3, 0.4) is 0 Å². The molecule has 1 heterocycles. The average molecular weight is 485 g/mol. The lowest BCUT2D eigenvalue weighted by molar-refractivity contribution is -0.107. The minimum atomic E-state index is -3.61. The SMILES string of the molecule is O=C(Cl)/C=C/c1cccc(S(=O)(=O)N2CCN(CCOc3ccc4ccccc4c3)CC2)c1. The van der Waals surface area contributed by atoms with Crippen LogP contribution in [0.15, 0.2) is 77.7 Å². The molecule has 0 unspecified atom stereocenters. The third kappa shape index (κ3) is 6.00. The van der Waals surface area contributed by atoms with E-state index in [1.54, 1.807) is 24.3 Å². The highest BCUT2D eigenvalue weighted by molar-refractivity contribution is 7.89. The van der Waals surface area contributed by atoms with Crippen LogP contribution in [0, 0.1) is 0 Å². The Kier molecular flexibility index (Phi) is 7.45. The van der Waals surface area contributed by atoms with Gasteiger partial charge in [-0.25, -0.2) is 8.42 Å². The summed E-state index contributed by atoms with van der Waals surface area (Å²) in [6, 6.07) is 20.7. The second kappa shape index (κ2) is 10.5. The van der Waals surface area contributed by atoms with Crippen molar-refractivity contribution in [2.45, 2.75) is 4.90 Å². The van der Waals surface area contributed by atoms with E-state index in [1.165, 1.54) is 21.8 Å². The van der Waals surface area contributed by atoms with Gasteiger partial charge in [0.05, 0.1) is 4.90 Å². The van der Waals surface area contributed by atoms with Gasteiger partial charge in [-0.2, -0.15) is 4.31 Å². The molecule has 0 bridgehead atoms. The van der Waals surface area contributed by atoms with Gasteiger partial charge in [-0.15, -0.1) is 0 Å². The second-order valence-electron chi connectivity index (χ2n) is 7.81. The molecule has 0 saturated carbocycles. The number of hydrogen-bond acceptors (Lipinski definition) is 5. The van der Waals surface area contributed by atoms with Crippen LogP contribution in [0.1, 0.15) is 5.56 Å². The molecule has 3 aromatic carbocycles. The quantitative estimate of drug-likeness (QED) is 0.357. The Morgan fingerprint density at radius 3 is 2.45 bits per heavy atom. The smallest absolute Gasteiger partial charge is 0.245 e. The topological polar surface area (TPSA) is 66.9 Å². The predicted molar refractivity (Wildman–Crippen MR) is 131 cm³/mol. The number of hydrogen-bond donors (Lipinski definition) is 0. The van der Waals surface area contributed by atoms with Gasteiger partial charge in [-0.05, 0) is 58.3 Å². The van der Waals surface area contributed by atoms with E-state index in [4.69, 9.17) is 16.3 Å². The molecule has 1 saturated heterocycles. The van der Waals surface area contributed by atoms with Crippen molar-refractivity contribution in [3.05, 3.63) is 78.4 Å². The first-order chi connectivity index (χ1) is 15.9. The fraction of sp³-hybridized carbons (Fsp3) is 0.240. The summed E-state index contributed by atoms with van der Waals surface area (Å²) >= 11 is 5.32. The number of carbonyl (C=O) groups is 1. The number of carbonyl (C=O) groups excluding carboxylic acids is 1. The Bertz CT molecular complexity index is 1270. The molecule has 6 nitrogen and oxygen atoms in total. The van der Waals surface area contributed by atoms with Crippen molar-refractivity contribution in [1.82, 2.24) is 9.21 Å². The van der Waals surface area contributed by atoms with Crippen LogP contribution in [0.4, 0.5) is 0 Å². The highest BCUT2D eigenvalue weighted by Crippen LogP contribution is 2.21. The number of ether oxygens (including phenoxy) is 1. The third-order valence-electron chi connectivity index (χ3n) is 5.63. The molecule has 3 aromatic rings. The Balaban J connectivity index is 1.30. The standard InChI is InChI=1S/C25H25ClN2O4S/c26-25(29)11-8-20-4-3-7-24(18-20)33(30,31)28-14-12-27(13-15-28)16-17-32-23-10-9-21-5-1-2-6-22(21)19-23/h1-11,18-19H,12-17H2/b11-8+. The summed E-state index contributed by atoms with van der Waals surface area (Å²) in [7, 11) is -3.61. The zero-order chi connectivity index (χ0) is 23.3. The monoisotopic (exact) mass is 484 g/mol. The number of nitrogens with zero attached hydrogens (tertiary/aromatic N) is 2. The van der Waals surface area contributed by atoms with Gasteiger partial charge in [-0.3, -0.25) is 9.69 Å².